The second-order valence-corrected chi connectivity index (χ2v) is 5.71. The number of nitrogen functional groups attached to an aromatic ring is 1. The Labute approximate surface area is 131 Å². The zero-order chi connectivity index (χ0) is 15.9. The minimum absolute atomic E-state index is 0.0968. The Hall–Kier alpha value is -1.88. The summed E-state index contributed by atoms with van der Waals surface area (Å²) in [5.41, 5.74) is 8.35. The van der Waals surface area contributed by atoms with Crippen LogP contribution < -0.4 is 10.6 Å². The van der Waals surface area contributed by atoms with Crippen LogP contribution in [0.4, 0.5) is 30.2 Å². The Morgan fingerprint density at radius 3 is 2.45 bits per heavy atom. The number of halogens is 4. The molecule has 0 aromatic heterocycles. The molecule has 0 unspecified atom stereocenters. The molecule has 0 spiro atoms. The summed E-state index contributed by atoms with van der Waals surface area (Å²) in [7, 11) is 0. The van der Waals surface area contributed by atoms with Crippen LogP contribution in [0.2, 0.25) is 5.02 Å². The summed E-state index contributed by atoms with van der Waals surface area (Å²) in [5.74, 6) is 0. The van der Waals surface area contributed by atoms with E-state index in [9.17, 15) is 13.2 Å². The van der Waals surface area contributed by atoms with E-state index in [0.717, 1.165) is 36.2 Å². The molecular formula is C16H14ClF3N2. The third kappa shape index (κ3) is 2.73. The van der Waals surface area contributed by atoms with Crippen molar-refractivity contribution in [2.24, 2.45) is 0 Å². The molecule has 2 N–H and O–H groups in total. The highest BCUT2D eigenvalue weighted by molar-refractivity contribution is 6.33. The molecule has 2 aromatic rings. The molecule has 0 saturated heterocycles. The lowest BCUT2D eigenvalue weighted by Crippen LogP contribution is -2.25. The van der Waals surface area contributed by atoms with Crippen molar-refractivity contribution in [2.75, 3.05) is 17.2 Å². The lowest BCUT2D eigenvalue weighted by molar-refractivity contribution is -0.137. The van der Waals surface area contributed by atoms with E-state index in [2.05, 4.69) is 0 Å². The summed E-state index contributed by atoms with van der Waals surface area (Å²) in [4.78, 5) is 1.95. The van der Waals surface area contributed by atoms with Crippen LogP contribution in [0.5, 0.6) is 0 Å². The van der Waals surface area contributed by atoms with Gasteiger partial charge in [-0.15, -0.1) is 0 Å². The molecule has 1 aliphatic heterocycles. The van der Waals surface area contributed by atoms with E-state index in [1.165, 1.54) is 6.07 Å². The van der Waals surface area contributed by atoms with Gasteiger partial charge in [0.05, 0.1) is 16.3 Å². The van der Waals surface area contributed by atoms with E-state index in [1.807, 2.05) is 17.0 Å². The first-order valence-corrected chi connectivity index (χ1v) is 7.27. The molecule has 0 saturated carbocycles. The molecule has 0 radical (unpaired) electrons. The van der Waals surface area contributed by atoms with Gasteiger partial charge in [-0.25, -0.2) is 0 Å². The van der Waals surface area contributed by atoms with Crippen molar-refractivity contribution in [1.29, 1.82) is 0 Å². The van der Waals surface area contributed by atoms with Gasteiger partial charge in [0.2, 0.25) is 0 Å². The first-order valence-electron chi connectivity index (χ1n) is 6.89. The minimum Gasteiger partial charge on any atom is -0.399 e. The maximum absolute atomic E-state index is 12.7. The van der Waals surface area contributed by atoms with Crippen molar-refractivity contribution in [3.63, 3.8) is 0 Å². The number of aryl methyl sites for hydroxylation is 1. The second-order valence-electron chi connectivity index (χ2n) is 5.31. The van der Waals surface area contributed by atoms with Gasteiger partial charge in [-0.05, 0) is 54.8 Å². The number of hydrogen-bond donors (Lipinski definition) is 1. The Morgan fingerprint density at radius 1 is 1.05 bits per heavy atom. The summed E-state index contributed by atoms with van der Waals surface area (Å²) >= 11 is 6.10. The quantitative estimate of drug-likeness (QED) is 0.745. The average molecular weight is 327 g/mol. The summed E-state index contributed by atoms with van der Waals surface area (Å²) in [5, 5.41) is 0.0968. The second kappa shape index (κ2) is 5.39. The van der Waals surface area contributed by atoms with Crippen LogP contribution in [-0.2, 0) is 12.6 Å². The third-order valence-corrected chi connectivity index (χ3v) is 4.09. The molecule has 1 aliphatic rings. The van der Waals surface area contributed by atoms with Crippen LogP contribution in [0.25, 0.3) is 0 Å². The SMILES string of the molecule is Nc1ccc2c(c1)CCCN2c1ccc(C(F)(F)F)cc1Cl. The maximum Gasteiger partial charge on any atom is 0.416 e. The van der Waals surface area contributed by atoms with Crippen LogP contribution in [0.1, 0.15) is 17.5 Å². The molecular weight excluding hydrogens is 313 g/mol. The molecule has 22 heavy (non-hydrogen) atoms. The highest BCUT2D eigenvalue weighted by Crippen LogP contribution is 2.40. The van der Waals surface area contributed by atoms with Crippen LogP contribution in [0, 0.1) is 0 Å². The number of rotatable bonds is 1. The number of nitrogens with zero attached hydrogens (tertiary/aromatic N) is 1. The number of fused-ring (bicyclic) bond motifs is 1. The summed E-state index contributed by atoms with van der Waals surface area (Å²) in [6.07, 6.45) is -2.60. The fourth-order valence-electron chi connectivity index (χ4n) is 2.77. The van der Waals surface area contributed by atoms with Gasteiger partial charge in [0, 0.05) is 17.9 Å². The molecule has 116 valence electrons. The van der Waals surface area contributed by atoms with E-state index >= 15 is 0 Å². The van der Waals surface area contributed by atoms with Crippen LogP contribution in [0.15, 0.2) is 36.4 Å². The summed E-state index contributed by atoms with van der Waals surface area (Å²) < 4.78 is 38.2. The fraction of sp³-hybridized carbons (Fsp3) is 0.250. The van der Waals surface area contributed by atoms with Crippen molar-refractivity contribution in [3.8, 4) is 0 Å². The number of hydrogen-bond acceptors (Lipinski definition) is 2. The van der Waals surface area contributed by atoms with Gasteiger partial charge in [-0.1, -0.05) is 11.6 Å². The molecule has 0 bridgehead atoms. The van der Waals surface area contributed by atoms with E-state index in [4.69, 9.17) is 17.3 Å². The van der Waals surface area contributed by atoms with Crippen LogP contribution in [-0.4, -0.2) is 6.54 Å². The van der Waals surface area contributed by atoms with Gasteiger partial charge < -0.3 is 10.6 Å². The largest absolute Gasteiger partial charge is 0.416 e. The van der Waals surface area contributed by atoms with E-state index < -0.39 is 11.7 Å². The van der Waals surface area contributed by atoms with Gasteiger partial charge in [0.15, 0.2) is 0 Å². The van der Waals surface area contributed by atoms with Crippen LogP contribution >= 0.6 is 11.6 Å². The molecule has 0 aliphatic carbocycles. The average Bonchev–Trinajstić information content (AvgIpc) is 2.45. The summed E-state index contributed by atoms with van der Waals surface area (Å²) in [6.45, 7) is 0.710. The summed E-state index contributed by atoms with van der Waals surface area (Å²) in [6, 6.07) is 9.04. The molecule has 3 rings (SSSR count). The number of anilines is 3. The Morgan fingerprint density at radius 2 is 1.77 bits per heavy atom. The van der Waals surface area contributed by atoms with Gasteiger partial charge >= 0.3 is 6.18 Å². The van der Waals surface area contributed by atoms with Crippen molar-refractivity contribution in [2.45, 2.75) is 19.0 Å². The van der Waals surface area contributed by atoms with Gasteiger partial charge in [0.25, 0.3) is 0 Å². The predicted molar refractivity (Wildman–Crippen MR) is 82.6 cm³/mol. The fourth-order valence-corrected chi connectivity index (χ4v) is 3.05. The minimum atomic E-state index is -4.39. The van der Waals surface area contributed by atoms with Crippen LogP contribution in [0.3, 0.4) is 0 Å². The molecule has 0 atom stereocenters. The molecule has 1 heterocycles. The zero-order valence-corrected chi connectivity index (χ0v) is 12.4. The number of alkyl halides is 3. The Kier molecular flexibility index (Phi) is 3.68. The third-order valence-electron chi connectivity index (χ3n) is 3.79. The monoisotopic (exact) mass is 326 g/mol. The van der Waals surface area contributed by atoms with Gasteiger partial charge in [-0.3, -0.25) is 0 Å². The smallest absolute Gasteiger partial charge is 0.399 e. The predicted octanol–water partition coefficient (Wildman–Crippen LogP) is 5.03. The van der Waals surface area contributed by atoms with E-state index in [-0.39, 0.29) is 5.02 Å². The molecule has 6 heteroatoms. The molecule has 0 fully saturated rings. The number of nitrogens with two attached hydrogens (primary N) is 1. The van der Waals surface area contributed by atoms with E-state index in [1.54, 1.807) is 6.07 Å². The maximum atomic E-state index is 12.7. The highest BCUT2D eigenvalue weighted by atomic mass is 35.5. The van der Waals surface area contributed by atoms with Crippen molar-refractivity contribution < 1.29 is 13.2 Å². The first-order chi connectivity index (χ1) is 10.4. The highest BCUT2D eigenvalue weighted by Gasteiger charge is 2.31. The van der Waals surface area contributed by atoms with Crippen molar-refractivity contribution in [3.05, 3.63) is 52.5 Å². The van der Waals surface area contributed by atoms with Crippen molar-refractivity contribution in [1.82, 2.24) is 0 Å². The zero-order valence-electron chi connectivity index (χ0n) is 11.6. The normalized spacial score (nSPS) is 14.8. The standard InChI is InChI=1S/C16H14ClF3N2/c17-13-9-11(16(18,19)20)3-5-15(13)22-7-1-2-10-8-12(21)4-6-14(10)22/h3-6,8-9H,1-2,7,21H2. The van der Waals surface area contributed by atoms with Gasteiger partial charge in [0.1, 0.15) is 0 Å². The molecule has 0 amide bonds. The van der Waals surface area contributed by atoms with Gasteiger partial charge in [-0.2, -0.15) is 13.2 Å². The Balaban J connectivity index is 2.03. The molecule has 2 aromatic carbocycles. The molecule has 2 nitrogen and oxygen atoms in total. The lowest BCUT2D eigenvalue weighted by atomic mass is 10.00. The van der Waals surface area contributed by atoms with Crippen molar-refractivity contribution >= 4 is 28.7 Å². The Bertz CT molecular complexity index is 713. The van der Waals surface area contributed by atoms with E-state index in [0.29, 0.717) is 17.9 Å². The first kappa shape index (κ1) is 15.0. The number of benzene rings is 2. The topological polar surface area (TPSA) is 29.3 Å². The lowest BCUT2D eigenvalue weighted by Gasteiger charge is -2.32.